The summed E-state index contributed by atoms with van der Waals surface area (Å²) in [5, 5.41) is 8.75. The van der Waals surface area contributed by atoms with Gasteiger partial charge in [-0.2, -0.15) is 10.1 Å². The molecule has 174 valence electrons. The van der Waals surface area contributed by atoms with E-state index in [2.05, 4.69) is 42.2 Å². The minimum atomic E-state index is 0.454. The van der Waals surface area contributed by atoms with Gasteiger partial charge in [0.1, 0.15) is 18.1 Å². The molecule has 35 heavy (non-hydrogen) atoms. The van der Waals surface area contributed by atoms with E-state index >= 15 is 0 Å². The number of rotatable bonds is 6. The van der Waals surface area contributed by atoms with Crippen LogP contribution < -0.4 is 9.64 Å². The number of hydrogen-bond acceptors (Lipinski definition) is 7. The van der Waals surface area contributed by atoms with E-state index in [4.69, 9.17) is 9.47 Å². The third-order valence-electron chi connectivity index (χ3n) is 6.03. The number of aromatic nitrogens is 5. The largest absolute Gasteiger partial charge is 0.473 e. The van der Waals surface area contributed by atoms with Crippen LogP contribution in [0.3, 0.4) is 0 Å². The average Bonchev–Trinajstić information content (AvgIpc) is 3.37. The summed E-state index contributed by atoms with van der Waals surface area (Å²) >= 11 is 0. The van der Waals surface area contributed by atoms with Crippen molar-refractivity contribution in [3.05, 3.63) is 84.7 Å². The highest BCUT2D eigenvalue weighted by molar-refractivity contribution is 5.95. The van der Waals surface area contributed by atoms with Crippen molar-refractivity contribution in [3.8, 4) is 28.5 Å². The van der Waals surface area contributed by atoms with E-state index in [-0.39, 0.29) is 0 Å². The number of aromatic amines is 1. The van der Waals surface area contributed by atoms with Crippen LogP contribution in [-0.4, -0.2) is 51.5 Å². The molecule has 0 atom stereocenters. The zero-order valence-corrected chi connectivity index (χ0v) is 19.1. The van der Waals surface area contributed by atoms with Gasteiger partial charge in [0.05, 0.1) is 18.7 Å². The van der Waals surface area contributed by atoms with E-state index in [9.17, 15) is 0 Å². The second kappa shape index (κ2) is 9.52. The van der Waals surface area contributed by atoms with Gasteiger partial charge in [0.15, 0.2) is 5.82 Å². The Labute approximate surface area is 202 Å². The van der Waals surface area contributed by atoms with Gasteiger partial charge in [-0.05, 0) is 35.9 Å². The molecule has 3 aromatic heterocycles. The van der Waals surface area contributed by atoms with Gasteiger partial charge < -0.3 is 14.4 Å². The molecule has 1 saturated heterocycles. The molecule has 2 aromatic carbocycles. The predicted octanol–water partition coefficient (Wildman–Crippen LogP) is 4.50. The lowest BCUT2D eigenvalue weighted by atomic mass is 10.1. The van der Waals surface area contributed by atoms with Crippen molar-refractivity contribution < 1.29 is 9.47 Å². The van der Waals surface area contributed by atoms with Crippen LogP contribution in [-0.2, 0) is 11.3 Å². The van der Waals surface area contributed by atoms with Gasteiger partial charge >= 0.3 is 0 Å². The van der Waals surface area contributed by atoms with Gasteiger partial charge in [-0.25, -0.2) is 9.97 Å². The van der Waals surface area contributed by atoms with Gasteiger partial charge in [-0.15, -0.1) is 0 Å². The second-order valence-corrected chi connectivity index (χ2v) is 8.33. The van der Waals surface area contributed by atoms with Crippen LogP contribution in [0.25, 0.3) is 33.5 Å². The molecule has 0 unspecified atom stereocenters. The predicted molar refractivity (Wildman–Crippen MR) is 134 cm³/mol. The number of pyridine rings is 1. The van der Waals surface area contributed by atoms with Crippen LogP contribution in [0.5, 0.6) is 5.88 Å². The third-order valence-corrected chi connectivity index (χ3v) is 6.03. The first-order chi connectivity index (χ1) is 17.3. The molecule has 6 rings (SSSR count). The maximum absolute atomic E-state index is 5.90. The van der Waals surface area contributed by atoms with Gasteiger partial charge in [0.2, 0.25) is 5.88 Å². The molecule has 1 aliphatic heterocycles. The molecule has 8 heteroatoms. The van der Waals surface area contributed by atoms with Crippen LogP contribution in [0, 0.1) is 0 Å². The van der Waals surface area contributed by atoms with Crippen LogP contribution in [0.4, 0.5) is 5.82 Å². The molecule has 0 radical (unpaired) electrons. The highest BCUT2D eigenvalue weighted by Gasteiger charge is 2.16. The zero-order valence-electron chi connectivity index (χ0n) is 19.1. The molecule has 0 amide bonds. The number of hydrogen-bond donors (Lipinski definition) is 1. The van der Waals surface area contributed by atoms with E-state index in [1.165, 1.54) is 0 Å². The average molecular weight is 465 g/mol. The maximum atomic E-state index is 5.90. The van der Waals surface area contributed by atoms with Gasteiger partial charge in [0.25, 0.3) is 0 Å². The van der Waals surface area contributed by atoms with E-state index in [0.717, 1.165) is 52.2 Å². The topological polar surface area (TPSA) is 89.0 Å². The molecule has 0 bridgehead atoms. The minimum absolute atomic E-state index is 0.454. The maximum Gasteiger partial charge on any atom is 0.217 e. The first kappa shape index (κ1) is 21.2. The second-order valence-electron chi connectivity index (χ2n) is 8.33. The van der Waals surface area contributed by atoms with E-state index in [1.54, 1.807) is 12.3 Å². The molecule has 1 N–H and O–H groups in total. The van der Waals surface area contributed by atoms with Crippen molar-refractivity contribution in [2.75, 3.05) is 31.2 Å². The summed E-state index contributed by atoms with van der Waals surface area (Å²) in [6.45, 7) is 3.56. The number of morpholine rings is 1. The standard InChI is InChI=1S/C27H24N6O2/c1-2-4-19(5-3-1)18-35-25-9-11-29-27(30-25)21-6-7-23-22(16-21)26(32-31-23)20-8-10-28-24(17-20)33-12-14-34-15-13-33/h1-11,16-17H,12-15,18H2,(H,31,32). The van der Waals surface area contributed by atoms with Gasteiger partial charge in [-0.3, -0.25) is 5.10 Å². The summed E-state index contributed by atoms with van der Waals surface area (Å²) in [6.07, 6.45) is 3.56. The summed E-state index contributed by atoms with van der Waals surface area (Å²) in [6, 6.07) is 21.9. The summed E-state index contributed by atoms with van der Waals surface area (Å²) in [5.74, 6) is 2.08. The van der Waals surface area contributed by atoms with E-state index in [0.29, 0.717) is 31.5 Å². The SMILES string of the molecule is c1ccc(COc2ccnc(-c3ccc4[nH]nc(-c5ccnc(N6CCOCC6)c5)c4c3)n2)cc1. The zero-order chi connectivity index (χ0) is 23.5. The first-order valence-electron chi connectivity index (χ1n) is 11.6. The lowest BCUT2D eigenvalue weighted by molar-refractivity contribution is 0.122. The molecule has 8 nitrogen and oxygen atoms in total. The van der Waals surface area contributed by atoms with Crippen molar-refractivity contribution in [2.45, 2.75) is 6.61 Å². The number of nitrogens with one attached hydrogen (secondary N) is 1. The Kier molecular flexibility index (Phi) is 5.78. The molecular formula is C27H24N6O2. The third kappa shape index (κ3) is 4.56. The van der Waals surface area contributed by atoms with Crippen molar-refractivity contribution in [3.63, 3.8) is 0 Å². The Balaban J connectivity index is 1.29. The summed E-state index contributed by atoms with van der Waals surface area (Å²) in [7, 11) is 0. The molecule has 1 fully saturated rings. The normalized spacial score (nSPS) is 13.8. The number of anilines is 1. The lowest BCUT2D eigenvalue weighted by Crippen LogP contribution is -2.36. The van der Waals surface area contributed by atoms with Crippen LogP contribution >= 0.6 is 0 Å². The van der Waals surface area contributed by atoms with Gasteiger partial charge in [0, 0.05) is 48.1 Å². The van der Waals surface area contributed by atoms with Crippen LogP contribution in [0.2, 0.25) is 0 Å². The summed E-state index contributed by atoms with van der Waals surface area (Å²) < 4.78 is 11.4. The Morgan fingerprint density at radius 3 is 2.63 bits per heavy atom. The number of H-pyrrole nitrogens is 1. The van der Waals surface area contributed by atoms with Crippen molar-refractivity contribution in [1.82, 2.24) is 25.1 Å². The Hall–Kier alpha value is -4.30. The molecular weight excluding hydrogens is 440 g/mol. The monoisotopic (exact) mass is 464 g/mol. The van der Waals surface area contributed by atoms with Crippen molar-refractivity contribution >= 4 is 16.7 Å². The highest BCUT2D eigenvalue weighted by atomic mass is 16.5. The van der Waals surface area contributed by atoms with Crippen molar-refractivity contribution in [1.29, 1.82) is 0 Å². The fourth-order valence-electron chi connectivity index (χ4n) is 4.20. The van der Waals surface area contributed by atoms with Crippen LogP contribution in [0.1, 0.15) is 5.56 Å². The number of nitrogens with zero attached hydrogens (tertiary/aromatic N) is 5. The molecule has 0 aliphatic carbocycles. The molecule has 0 saturated carbocycles. The first-order valence-corrected chi connectivity index (χ1v) is 11.6. The quantitative estimate of drug-likeness (QED) is 0.396. The molecule has 4 heterocycles. The van der Waals surface area contributed by atoms with E-state index < -0.39 is 0 Å². The Morgan fingerprint density at radius 1 is 0.886 bits per heavy atom. The van der Waals surface area contributed by atoms with Crippen LogP contribution in [0.15, 0.2) is 79.1 Å². The highest BCUT2D eigenvalue weighted by Crippen LogP contribution is 2.31. The fourth-order valence-corrected chi connectivity index (χ4v) is 4.20. The molecule has 0 spiro atoms. The Morgan fingerprint density at radius 2 is 1.74 bits per heavy atom. The fraction of sp³-hybridized carbons (Fsp3) is 0.185. The summed E-state index contributed by atoms with van der Waals surface area (Å²) in [4.78, 5) is 15.9. The van der Waals surface area contributed by atoms with Crippen molar-refractivity contribution in [2.24, 2.45) is 0 Å². The number of fused-ring (bicyclic) bond motifs is 1. The summed E-state index contributed by atoms with van der Waals surface area (Å²) in [5.41, 5.74) is 4.81. The minimum Gasteiger partial charge on any atom is -0.473 e. The van der Waals surface area contributed by atoms with Gasteiger partial charge in [-0.1, -0.05) is 30.3 Å². The number of ether oxygens (including phenoxy) is 2. The molecule has 5 aromatic rings. The lowest BCUT2D eigenvalue weighted by Gasteiger charge is -2.27. The molecule has 1 aliphatic rings. The Bertz CT molecular complexity index is 1450. The van der Waals surface area contributed by atoms with E-state index in [1.807, 2.05) is 54.7 Å². The number of benzene rings is 2. The smallest absolute Gasteiger partial charge is 0.217 e.